The van der Waals surface area contributed by atoms with Gasteiger partial charge in [0.15, 0.2) is 0 Å². The first-order valence-corrected chi connectivity index (χ1v) is 9.62. The maximum atomic E-state index is 12.8. The molecule has 1 saturated carbocycles. The van der Waals surface area contributed by atoms with Crippen LogP contribution in [-0.2, 0) is 4.74 Å². The molecular weight excluding hydrogens is 346 g/mol. The number of hydrogen-bond acceptors (Lipinski definition) is 5. The molecule has 8 nitrogen and oxygen atoms in total. The second-order valence-electron chi connectivity index (χ2n) is 7.31. The lowest BCUT2D eigenvalue weighted by Gasteiger charge is -2.25. The van der Waals surface area contributed by atoms with E-state index in [9.17, 15) is 9.59 Å². The fraction of sp³-hybridized carbons (Fsp3) is 0.579. The average Bonchev–Trinajstić information content (AvgIpc) is 3.39. The lowest BCUT2D eigenvalue weighted by molar-refractivity contribution is 0.154. The van der Waals surface area contributed by atoms with Crippen LogP contribution in [0.3, 0.4) is 0 Å². The molecule has 1 atom stereocenters. The number of benzene rings is 1. The van der Waals surface area contributed by atoms with E-state index < -0.39 is 6.09 Å². The number of primary amides is 1. The van der Waals surface area contributed by atoms with Crippen molar-refractivity contribution in [1.82, 2.24) is 4.90 Å². The molecule has 1 aromatic rings. The Morgan fingerprint density at radius 3 is 2.81 bits per heavy atom. The number of amides is 3. The van der Waals surface area contributed by atoms with Crippen molar-refractivity contribution in [3.05, 3.63) is 18.2 Å². The summed E-state index contributed by atoms with van der Waals surface area (Å²) >= 11 is 0. The van der Waals surface area contributed by atoms with Gasteiger partial charge in [-0.15, -0.1) is 0 Å². The number of para-hydroxylation sites is 1. The third kappa shape index (κ3) is 4.75. The van der Waals surface area contributed by atoms with Crippen LogP contribution in [0.1, 0.15) is 39.0 Å². The number of nitrogens with two attached hydrogens (primary N) is 2. The molecule has 2 fully saturated rings. The zero-order valence-corrected chi connectivity index (χ0v) is 15.8. The fourth-order valence-corrected chi connectivity index (χ4v) is 3.49. The van der Waals surface area contributed by atoms with Crippen LogP contribution in [0.25, 0.3) is 0 Å². The first-order valence-electron chi connectivity index (χ1n) is 9.62. The number of unbranched alkanes of at least 4 members (excludes halogenated alkanes) is 1. The zero-order chi connectivity index (χ0) is 19.4. The summed E-state index contributed by atoms with van der Waals surface area (Å²) < 4.78 is 4.74. The third-order valence-corrected chi connectivity index (χ3v) is 5.06. The van der Waals surface area contributed by atoms with Gasteiger partial charge in [0.25, 0.3) is 0 Å². The summed E-state index contributed by atoms with van der Waals surface area (Å²) in [6.07, 6.45) is 4.02. The average molecular weight is 375 g/mol. The number of ether oxygens (including phenoxy) is 1. The van der Waals surface area contributed by atoms with Gasteiger partial charge in [0.1, 0.15) is 0 Å². The molecule has 0 aromatic heterocycles. The molecule has 3 amide bonds. The molecule has 0 spiro atoms. The summed E-state index contributed by atoms with van der Waals surface area (Å²) in [5.41, 5.74) is 13.4. The van der Waals surface area contributed by atoms with Crippen molar-refractivity contribution in [1.29, 1.82) is 0 Å². The molecular formula is C19H29N5O3. The quantitative estimate of drug-likeness (QED) is 0.453. The molecule has 8 heteroatoms. The Morgan fingerprint density at radius 1 is 1.33 bits per heavy atom. The highest BCUT2D eigenvalue weighted by molar-refractivity contribution is 5.99. The van der Waals surface area contributed by atoms with Gasteiger partial charge in [-0.3, -0.25) is 4.90 Å². The topological polar surface area (TPSA) is 114 Å². The standard InChI is InChI=1S/C19H29N5O3/c1-13(5-2-3-12-27-18(21)25)22-17-15(20)6-4-7-16(17)24-11-10-23(19(24)26)14-8-9-14/h4,6-7,13-14,22H,2-3,5,8-12,20H2,1H3,(H2,21,25). The number of rotatable bonds is 9. The van der Waals surface area contributed by atoms with Crippen molar-refractivity contribution >= 4 is 29.2 Å². The van der Waals surface area contributed by atoms with Crippen LogP contribution >= 0.6 is 0 Å². The first-order chi connectivity index (χ1) is 13.0. The third-order valence-electron chi connectivity index (χ3n) is 5.06. The Bertz CT molecular complexity index is 692. The fourth-order valence-electron chi connectivity index (χ4n) is 3.49. The van der Waals surface area contributed by atoms with Crippen LogP contribution in [0.2, 0.25) is 0 Å². The molecule has 1 saturated heterocycles. The number of nitrogens with zero attached hydrogens (tertiary/aromatic N) is 2. The minimum absolute atomic E-state index is 0.0717. The highest BCUT2D eigenvalue weighted by Crippen LogP contribution is 2.37. The largest absolute Gasteiger partial charge is 0.450 e. The summed E-state index contributed by atoms with van der Waals surface area (Å²) in [6, 6.07) is 6.33. The predicted octanol–water partition coefficient (Wildman–Crippen LogP) is 2.74. The van der Waals surface area contributed by atoms with Gasteiger partial charge in [0.05, 0.1) is 23.7 Å². The molecule has 1 aromatic carbocycles. The molecule has 0 radical (unpaired) electrons. The van der Waals surface area contributed by atoms with Gasteiger partial charge in [-0.25, -0.2) is 9.59 Å². The van der Waals surface area contributed by atoms with E-state index in [4.69, 9.17) is 16.2 Å². The minimum atomic E-state index is -0.738. The van der Waals surface area contributed by atoms with Crippen LogP contribution in [0.5, 0.6) is 0 Å². The van der Waals surface area contributed by atoms with Crippen LogP contribution in [0, 0.1) is 0 Å². The number of nitrogen functional groups attached to an aromatic ring is 1. The molecule has 1 aliphatic heterocycles. The summed E-state index contributed by atoms with van der Waals surface area (Å²) in [5.74, 6) is 0. The van der Waals surface area contributed by atoms with E-state index in [1.165, 1.54) is 0 Å². The van der Waals surface area contributed by atoms with Crippen molar-refractivity contribution in [3.63, 3.8) is 0 Å². The summed E-state index contributed by atoms with van der Waals surface area (Å²) in [4.78, 5) is 27.1. The second-order valence-corrected chi connectivity index (χ2v) is 7.31. The van der Waals surface area contributed by atoms with E-state index in [-0.39, 0.29) is 12.1 Å². The summed E-state index contributed by atoms with van der Waals surface area (Å²) in [5, 5.41) is 3.47. The van der Waals surface area contributed by atoms with E-state index in [0.717, 1.165) is 50.0 Å². The monoisotopic (exact) mass is 375 g/mol. The molecule has 1 aliphatic carbocycles. The molecule has 1 heterocycles. The van der Waals surface area contributed by atoms with Crippen LogP contribution in [0.15, 0.2) is 18.2 Å². The second kappa shape index (κ2) is 8.37. The van der Waals surface area contributed by atoms with Crippen LogP contribution in [-0.4, -0.2) is 48.8 Å². The maximum absolute atomic E-state index is 12.8. The van der Waals surface area contributed by atoms with E-state index in [1.807, 2.05) is 28.0 Å². The normalized spacial score (nSPS) is 17.9. The number of urea groups is 1. The van der Waals surface area contributed by atoms with E-state index in [2.05, 4.69) is 12.2 Å². The van der Waals surface area contributed by atoms with E-state index in [0.29, 0.717) is 24.9 Å². The molecule has 1 unspecified atom stereocenters. The number of nitrogens with one attached hydrogen (secondary N) is 1. The van der Waals surface area contributed by atoms with Gasteiger partial charge < -0.3 is 26.4 Å². The Hall–Kier alpha value is -2.64. The minimum Gasteiger partial charge on any atom is -0.450 e. The van der Waals surface area contributed by atoms with Gasteiger partial charge in [0, 0.05) is 25.2 Å². The highest BCUT2D eigenvalue weighted by Gasteiger charge is 2.40. The van der Waals surface area contributed by atoms with Crippen LogP contribution < -0.4 is 21.7 Å². The van der Waals surface area contributed by atoms with Crippen molar-refractivity contribution in [2.75, 3.05) is 35.6 Å². The van der Waals surface area contributed by atoms with Gasteiger partial charge in [0.2, 0.25) is 0 Å². The Kier molecular flexibility index (Phi) is 5.93. The molecule has 2 aliphatic rings. The predicted molar refractivity (Wildman–Crippen MR) is 106 cm³/mol. The number of carbonyl (C=O) groups excluding carboxylic acids is 2. The Labute approximate surface area is 159 Å². The maximum Gasteiger partial charge on any atom is 0.404 e. The van der Waals surface area contributed by atoms with Gasteiger partial charge >= 0.3 is 12.1 Å². The van der Waals surface area contributed by atoms with Crippen molar-refractivity contribution in [3.8, 4) is 0 Å². The lowest BCUT2D eigenvalue weighted by atomic mass is 10.1. The Morgan fingerprint density at radius 2 is 2.11 bits per heavy atom. The number of carbonyl (C=O) groups is 2. The lowest BCUT2D eigenvalue weighted by Crippen LogP contribution is -2.34. The van der Waals surface area contributed by atoms with Gasteiger partial charge in [-0.05, 0) is 51.2 Å². The number of anilines is 3. The molecule has 0 bridgehead atoms. The highest BCUT2D eigenvalue weighted by atomic mass is 16.5. The molecule has 5 N–H and O–H groups in total. The summed E-state index contributed by atoms with van der Waals surface area (Å²) in [7, 11) is 0. The molecule has 27 heavy (non-hydrogen) atoms. The van der Waals surface area contributed by atoms with E-state index in [1.54, 1.807) is 0 Å². The van der Waals surface area contributed by atoms with Crippen LogP contribution in [0.4, 0.5) is 26.7 Å². The first kappa shape index (κ1) is 19.1. The summed E-state index contributed by atoms with van der Waals surface area (Å²) in [6.45, 7) is 3.87. The SMILES string of the molecule is CC(CCCCOC(N)=O)Nc1c(N)cccc1N1CCN(C2CC2)C1=O. The smallest absolute Gasteiger partial charge is 0.404 e. The number of hydrogen-bond donors (Lipinski definition) is 3. The van der Waals surface area contributed by atoms with Gasteiger partial charge in [-0.2, -0.15) is 0 Å². The van der Waals surface area contributed by atoms with Crippen molar-refractivity contribution in [2.24, 2.45) is 5.73 Å². The zero-order valence-electron chi connectivity index (χ0n) is 15.8. The van der Waals surface area contributed by atoms with Crippen molar-refractivity contribution in [2.45, 2.75) is 51.1 Å². The van der Waals surface area contributed by atoms with E-state index >= 15 is 0 Å². The molecule has 148 valence electrons. The van der Waals surface area contributed by atoms with Gasteiger partial charge in [-0.1, -0.05) is 6.07 Å². The van der Waals surface area contributed by atoms with Crippen molar-refractivity contribution < 1.29 is 14.3 Å². The Balaban J connectivity index is 1.60. The molecule has 3 rings (SSSR count).